The number of nitrogens with two attached hydrogens (primary N) is 1. The molecule has 3 N–H and O–H groups in total. The molecule has 1 amide bonds. The van der Waals surface area contributed by atoms with Crippen LogP contribution in [0.15, 0.2) is 23.1 Å². The van der Waals surface area contributed by atoms with Crippen LogP contribution >= 0.6 is 0 Å². The van der Waals surface area contributed by atoms with E-state index in [1.54, 1.807) is 6.07 Å². The van der Waals surface area contributed by atoms with Gasteiger partial charge in [0, 0.05) is 12.5 Å². The molecule has 7 heteroatoms. The Morgan fingerprint density at radius 3 is 2.60 bits per heavy atom. The van der Waals surface area contributed by atoms with Crippen LogP contribution in [0.5, 0.6) is 5.75 Å². The SMILES string of the molecule is CCC(C)C(=O)NCc1ccc(OC)c(S(N)(=O)=O)c1. The minimum absolute atomic E-state index is 0.0690. The summed E-state index contributed by atoms with van der Waals surface area (Å²) in [6.07, 6.45) is 0.747. The Hall–Kier alpha value is -1.60. The normalized spacial score (nSPS) is 12.8. The van der Waals surface area contributed by atoms with Crippen LogP contribution in [0.1, 0.15) is 25.8 Å². The molecule has 1 rings (SSSR count). The molecule has 0 saturated carbocycles. The topological polar surface area (TPSA) is 98.5 Å². The molecular formula is C13H20N2O4S. The van der Waals surface area contributed by atoms with Gasteiger partial charge in [-0.15, -0.1) is 0 Å². The predicted octanol–water partition coefficient (Wildman–Crippen LogP) is 1.00. The summed E-state index contributed by atoms with van der Waals surface area (Å²) >= 11 is 0. The van der Waals surface area contributed by atoms with E-state index >= 15 is 0 Å². The highest BCUT2D eigenvalue weighted by Crippen LogP contribution is 2.23. The van der Waals surface area contributed by atoms with Gasteiger partial charge in [-0.25, -0.2) is 13.6 Å². The smallest absolute Gasteiger partial charge is 0.241 e. The first-order chi connectivity index (χ1) is 9.29. The molecule has 6 nitrogen and oxygen atoms in total. The fraction of sp³-hybridized carbons (Fsp3) is 0.462. The van der Waals surface area contributed by atoms with E-state index in [-0.39, 0.29) is 29.0 Å². The second-order valence-corrected chi connectivity index (χ2v) is 6.09. The number of ether oxygens (including phenoxy) is 1. The average molecular weight is 300 g/mol. The van der Waals surface area contributed by atoms with Crippen molar-refractivity contribution in [3.63, 3.8) is 0 Å². The third-order valence-electron chi connectivity index (χ3n) is 3.06. The van der Waals surface area contributed by atoms with Gasteiger partial charge >= 0.3 is 0 Å². The van der Waals surface area contributed by atoms with Gasteiger partial charge in [-0.2, -0.15) is 0 Å². The summed E-state index contributed by atoms with van der Waals surface area (Å²) in [6.45, 7) is 4.01. The molecule has 0 bridgehead atoms. The first kappa shape index (κ1) is 16.5. The monoisotopic (exact) mass is 300 g/mol. The van der Waals surface area contributed by atoms with Crippen molar-refractivity contribution in [3.8, 4) is 5.75 Å². The van der Waals surface area contributed by atoms with Crippen LogP contribution in [-0.2, 0) is 21.4 Å². The van der Waals surface area contributed by atoms with E-state index in [2.05, 4.69) is 5.32 Å². The molecule has 0 aliphatic heterocycles. The van der Waals surface area contributed by atoms with Gasteiger partial charge in [0.2, 0.25) is 15.9 Å². The summed E-state index contributed by atoms with van der Waals surface area (Å²) in [5, 5.41) is 7.88. The lowest BCUT2D eigenvalue weighted by atomic mass is 10.1. The standard InChI is InChI=1S/C13H20N2O4S/c1-4-9(2)13(16)15-8-10-5-6-11(19-3)12(7-10)20(14,17)18/h5-7,9H,4,8H2,1-3H3,(H,15,16)(H2,14,17,18). The van der Waals surface area contributed by atoms with E-state index in [0.717, 1.165) is 6.42 Å². The van der Waals surface area contributed by atoms with Gasteiger partial charge in [-0.1, -0.05) is 19.9 Å². The van der Waals surface area contributed by atoms with Gasteiger partial charge in [-0.05, 0) is 24.1 Å². The number of hydrogen-bond acceptors (Lipinski definition) is 4. The maximum absolute atomic E-state index is 11.7. The highest BCUT2D eigenvalue weighted by atomic mass is 32.2. The fourth-order valence-electron chi connectivity index (χ4n) is 1.60. The molecule has 0 aliphatic carbocycles. The van der Waals surface area contributed by atoms with Crippen LogP contribution < -0.4 is 15.2 Å². The summed E-state index contributed by atoms with van der Waals surface area (Å²) in [5.74, 6) is 0.0379. The molecule has 20 heavy (non-hydrogen) atoms. The summed E-state index contributed by atoms with van der Waals surface area (Å²) in [4.78, 5) is 11.6. The molecule has 1 atom stereocenters. The Kier molecular flexibility index (Phi) is 5.52. The molecule has 1 unspecified atom stereocenters. The zero-order chi connectivity index (χ0) is 15.3. The lowest BCUT2D eigenvalue weighted by molar-refractivity contribution is -0.124. The lowest BCUT2D eigenvalue weighted by Gasteiger charge is -2.12. The third-order valence-corrected chi connectivity index (χ3v) is 3.99. The zero-order valence-electron chi connectivity index (χ0n) is 11.8. The number of amides is 1. The van der Waals surface area contributed by atoms with E-state index in [0.29, 0.717) is 5.56 Å². The van der Waals surface area contributed by atoms with Gasteiger partial charge in [-0.3, -0.25) is 4.79 Å². The lowest BCUT2D eigenvalue weighted by Crippen LogP contribution is -2.28. The molecule has 0 fully saturated rings. The molecular weight excluding hydrogens is 280 g/mol. The van der Waals surface area contributed by atoms with Gasteiger partial charge in [0.25, 0.3) is 0 Å². The van der Waals surface area contributed by atoms with Crippen LogP contribution in [0, 0.1) is 5.92 Å². The van der Waals surface area contributed by atoms with Crippen molar-refractivity contribution >= 4 is 15.9 Å². The first-order valence-electron chi connectivity index (χ1n) is 6.27. The number of benzene rings is 1. The highest BCUT2D eigenvalue weighted by Gasteiger charge is 2.16. The number of primary sulfonamides is 1. The summed E-state index contributed by atoms with van der Waals surface area (Å²) < 4.78 is 27.9. The van der Waals surface area contributed by atoms with E-state index < -0.39 is 10.0 Å². The molecule has 0 heterocycles. The van der Waals surface area contributed by atoms with Gasteiger partial charge < -0.3 is 10.1 Å². The van der Waals surface area contributed by atoms with E-state index in [1.807, 2.05) is 13.8 Å². The Balaban J connectivity index is 2.91. The maximum atomic E-state index is 11.7. The minimum atomic E-state index is -3.87. The van der Waals surface area contributed by atoms with Crippen LogP contribution in [0.2, 0.25) is 0 Å². The van der Waals surface area contributed by atoms with Crippen molar-refractivity contribution in [2.75, 3.05) is 7.11 Å². The predicted molar refractivity (Wildman–Crippen MR) is 75.7 cm³/mol. The Labute approximate surface area is 119 Å². The van der Waals surface area contributed by atoms with E-state index in [4.69, 9.17) is 9.88 Å². The molecule has 0 spiro atoms. The van der Waals surface area contributed by atoms with E-state index in [9.17, 15) is 13.2 Å². The minimum Gasteiger partial charge on any atom is -0.495 e. The second-order valence-electron chi connectivity index (χ2n) is 4.56. The highest BCUT2D eigenvalue weighted by molar-refractivity contribution is 7.89. The third kappa shape index (κ3) is 4.21. The molecule has 0 saturated heterocycles. The Morgan fingerprint density at radius 1 is 1.45 bits per heavy atom. The number of nitrogens with one attached hydrogen (secondary N) is 1. The van der Waals surface area contributed by atoms with Crippen molar-refractivity contribution in [3.05, 3.63) is 23.8 Å². The number of carbonyl (C=O) groups excluding carboxylic acids is 1. The quantitative estimate of drug-likeness (QED) is 0.819. The number of rotatable bonds is 6. The first-order valence-corrected chi connectivity index (χ1v) is 7.81. The van der Waals surface area contributed by atoms with Crippen molar-refractivity contribution in [2.24, 2.45) is 11.1 Å². The van der Waals surface area contributed by atoms with Gasteiger partial charge in [0.15, 0.2) is 0 Å². The number of sulfonamides is 1. The zero-order valence-corrected chi connectivity index (χ0v) is 12.7. The van der Waals surface area contributed by atoms with Crippen LogP contribution in [0.3, 0.4) is 0 Å². The largest absolute Gasteiger partial charge is 0.495 e. The number of methoxy groups -OCH3 is 1. The van der Waals surface area contributed by atoms with Gasteiger partial charge in [0.05, 0.1) is 7.11 Å². The molecule has 1 aromatic rings. The summed E-state index contributed by atoms with van der Waals surface area (Å²) in [7, 11) is -2.50. The molecule has 0 radical (unpaired) electrons. The number of carbonyl (C=O) groups is 1. The van der Waals surface area contributed by atoms with Crippen molar-refractivity contribution < 1.29 is 17.9 Å². The van der Waals surface area contributed by atoms with Crippen molar-refractivity contribution in [2.45, 2.75) is 31.7 Å². The summed E-state index contributed by atoms with van der Waals surface area (Å²) in [5.41, 5.74) is 0.645. The molecule has 1 aromatic carbocycles. The average Bonchev–Trinajstić information content (AvgIpc) is 2.42. The van der Waals surface area contributed by atoms with Crippen molar-refractivity contribution in [1.82, 2.24) is 5.32 Å². The van der Waals surface area contributed by atoms with Crippen molar-refractivity contribution in [1.29, 1.82) is 0 Å². The molecule has 0 aromatic heterocycles. The maximum Gasteiger partial charge on any atom is 0.241 e. The fourth-order valence-corrected chi connectivity index (χ4v) is 2.35. The van der Waals surface area contributed by atoms with Gasteiger partial charge in [0.1, 0.15) is 10.6 Å². The Bertz CT molecular complexity index is 584. The summed E-state index contributed by atoms with van der Waals surface area (Å²) in [6, 6.07) is 4.61. The van der Waals surface area contributed by atoms with Crippen LogP contribution in [-0.4, -0.2) is 21.4 Å². The van der Waals surface area contributed by atoms with E-state index in [1.165, 1.54) is 19.2 Å². The molecule has 112 valence electrons. The molecule has 0 aliphatic rings. The van der Waals surface area contributed by atoms with Crippen LogP contribution in [0.4, 0.5) is 0 Å². The number of hydrogen-bond donors (Lipinski definition) is 2. The van der Waals surface area contributed by atoms with Crippen LogP contribution in [0.25, 0.3) is 0 Å². The second kappa shape index (κ2) is 6.71. The Morgan fingerprint density at radius 2 is 2.10 bits per heavy atom.